The van der Waals surface area contributed by atoms with Gasteiger partial charge in [-0.05, 0) is 185 Å². The predicted octanol–water partition coefficient (Wildman–Crippen LogP) is 3.91. The topological polar surface area (TPSA) is 452 Å². The summed E-state index contributed by atoms with van der Waals surface area (Å²) in [5, 5.41) is 62.7. The summed E-state index contributed by atoms with van der Waals surface area (Å²) in [4.78, 5) is 2.77. The first-order chi connectivity index (χ1) is 49.0. The number of nitrogens with one attached hydrogen (secondary N) is 4. The van der Waals surface area contributed by atoms with E-state index in [-0.39, 0.29) is 49.5 Å². The van der Waals surface area contributed by atoms with Crippen molar-refractivity contribution in [3.63, 3.8) is 0 Å². The van der Waals surface area contributed by atoms with Crippen LogP contribution in [0.3, 0.4) is 0 Å². The molecule has 7 aromatic carbocycles. The van der Waals surface area contributed by atoms with E-state index in [1.165, 1.54) is 132 Å². The summed E-state index contributed by atoms with van der Waals surface area (Å²) < 4.78 is 219. The lowest BCUT2D eigenvalue weighted by atomic mass is 9.80. The fourth-order valence-electron chi connectivity index (χ4n) is 9.04. The largest absolute Gasteiger partial charge is 0.488 e. The zero-order valence-corrected chi connectivity index (χ0v) is 59.1. The zero-order chi connectivity index (χ0) is 77.8. The molecule has 0 aliphatic carbocycles. The number of tetrazole rings is 4. The number of aromatic nitrogens is 16. The number of rotatable bonds is 17. The molecule has 0 aliphatic heterocycles. The van der Waals surface area contributed by atoms with Crippen molar-refractivity contribution in [1.29, 1.82) is 0 Å². The van der Waals surface area contributed by atoms with Crippen LogP contribution >= 0.6 is 0 Å². The molecule has 4 aromatic heterocycles. The van der Waals surface area contributed by atoms with Crippen molar-refractivity contribution >= 4 is 64.0 Å². The van der Waals surface area contributed by atoms with Crippen LogP contribution in [0.1, 0.15) is 38.9 Å². The molecule has 0 spiro atoms. The van der Waals surface area contributed by atoms with Gasteiger partial charge in [0.25, 0.3) is 0 Å². The predicted molar refractivity (Wildman–Crippen MR) is 361 cm³/mol. The number of nitrogens with zero attached hydrogens (tertiary/aromatic N) is 16. The van der Waals surface area contributed by atoms with E-state index in [1.807, 2.05) is 0 Å². The Bertz CT molecular complexity index is 5310. The molecule has 0 saturated carbocycles. The molecule has 11 aromatic rings. The fraction of sp³-hybridized carbons (Fsp3) is 0.220. The molecule has 0 saturated heterocycles. The lowest BCUT2D eigenvalue weighted by Gasteiger charge is -2.12. The average Bonchev–Trinajstić information content (AvgIpc) is 1.76. The van der Waals surface area contributed by atoms with Gasteiger partial charge in [0, 0.05) is 47.7 Å². The second kappa shape index (κ2) is 33.5. The van der Waals surface area contributed by atoms with Crippen LogP contribution in [0, 0.1) is 0 Å². The molecule has 0 unspecified atom stereocenters. The third kappa shape index (κ3) is 21.3. The normalized spacial score (nSPS) is 12.0. The summed E-state index contributed by atoms with van der Waals surface area (Å²) in [7, 11) is -4.45. The molecule has 0 radical (unpaired) electrons. The summed E-state index contributed by atoms with van der Waals surface area (Å²) in [5.74, 6) is 1.25. The van der Waals surface area contributed by atoms with E-state index in [0.29, 0.717) is 67.5 Å². The van der Waals surface area contributed by atoms with Gasteiger partial charge in [0.05, 0.1) is 50.4 Å². The first kappa shape index (κ1) is 81.7. The van der Waals surface area contributed by atoms with Crippen LogP contribution < -0.4 is 35.8 Å². The van der Waals surface area contributed by atoms with Gasteiger partial charge in [-0.25, -0.2) is 61.9 Å². The standard InChI is InChI=1S/2C17H16F3N5O2S.2C9H12N6O2S.C7H6BF3O2/c1-21-28(26,27)14-8-5-12(15(10-14)16-22-23-24-25(16)2)9-11-3-6-13(7-4-11)17(18,19)20;1-21-28(26,27)14-8-5-12(15(10-14)16-22-24-25(2)23-16)9-11-3-6-13(7-4-11)17(18,19)20;1-11-18(16,17)6-3-4-8(10)7(5-6)9-12-13-14-15(9)2;1-11-18(16,17)6-3-4-8(10)7(5-6)9-12-14-15(2)13-9;9-7(10,11)5-1-3-6(4-2-5)8(12)13/h2*3-8,10,21H,9H2,1-2H3;2*3-5,11H,10H2,1-2H3;1-4,12-13H. The minimum absolute atomic E-state index is 0.0219. The molecule has 11 rings (SSSR count). The highest BCUT2D eigenvalue weighted by Crippen LogP contribution is 2.35. The van der Waals surface area contributed by atoms with Gasteiger partial charge in [-0.15, -0.1) is 30.6 Å². The highest BCUT2D eigenvalue weighted by Gasteiger charge is 2.33. The SMILES string of the molecule is CNS(=O)(=O)c1ccc(Cc2ccc(C(F)(F)F)cc2)c(-c2nnn(C)n2)c1.CNS(=O)(=O)c1ccc(Cc2ccc(C(F)(F)F)cc2)c(-c2nnnn2C)c1.CNS(=O)(=O)c1ccc(N)c(-c2nnn(C)n2)c1.CNS(=O)(=O)c1ccc(N)c(-c2nnnn2C)c1.OB(O)c1ccc(C(F)(F)F)cc1. The molecule has 0 aliphatic rings. The number of nitrogens with two attached hydrogens (primary N) is 2. The third-order valence-corrected chi connectivity index (χ3v) is 20.3. The number of hydrogen-bond acceptors (Lipinski definition) is 24. The fourth-order valence-corrected chi connectivity index (χ4v) is 12.1. The minimum Gasteiger partial charge on any atom is -0.423 e. The van der Waals surface area contributed by atoms with E-state index in [4.69, 9.17) is 21.5 Å². The lowest BCUT2D eigenvalue weighted by Crippen LogP contribution is -2.29. The van der Waals surface area contributed by atoms with Crippen LogP contribution in [0.15, 0.2) is 165 Å². The number of anilines is 2. The Morgan fingerprint density at radius 2 is 0.705 bits per heavy atom. The van der Waals surface area contributed by atoms with E-state index in [1.54, 1.807) is 40.3 Å². The van der Waals surface area contributed by atoms with Crippen molar-refractivity contribution in [1.82, 2.24) is 99.7 Å². The van der Waals surface area contributed by atoms with Gasteiger partial charge < -0.3 is 21.5 Å². The minimum atomic E-state index is -4.41. The Labute approximate surface area is 593 Å². The molecular weight excluding hydrogens is 1490 g/mol. The van der Waals surface area contributed by atoms with E-state index in [9.17, 15) is 73.2 Å². The Hall–Kier alpha value is -10.6. The van der Waals surface area contributed by atoms with Gasteiger partial charge in [0.2, 0.25) is 51.7 Å². The quantitative estimate of drug-likeness (QED) is 0.0364. The maximum absolute atomic E-state index is 12.7. The first-order valence-electron chi connectivity index (χ1n) is 29.6. The Morgan fingerprint density at radius 1 is 0.400 bits per heavy atom. The van der Waals surface area contributed by atoms with Crippen molar-refractivity contribution in [2.75, 3.05) is 39.7 Å². The van der Waals surface area contributed by atoms with Gasteiger partial charge in [-0.1, -0.05) is 60.7 Å². The lowest BCUT2D eigenvalue weighted by molar-refractivity contribution is -0.138. The van der Waals surface area contributed by atoms with E-state index >= 15 is 0 Å². The van der Waals surface area contributed by atoms with Crippen LogP contribution in [0.4, 0.5) is 50.9 Å². The van der Waals surface area contributed by atoms with E-state index < -0.39 is 82.4 Å². The molecule has 32 nitrogen and oxygen atoms in total. The zero-order valence-electron chi connectivity index (χ0n) is 55.9. The second-order valence-electron chi connectivity index (χ2n) is 21.7. The molecule has 46 heteroatoms. The highest BCUT2D eigenvalue weighted by atomic mass is 32.2. The van der Waals surface area contributed by atoms with Gasteiger partial charge >= 0.3 is 25.6 Å². The Kier molecular flexibility index (Phi) is 26.0. The summed E-state index contributed by atoms with van der Waals surface area (Å²) in [6, 6.07) is 30.8. The van der Waals surface area contributed by atoms with Crippen molar-refractivity contribution in [3.05, 3.63) is 185 Å². The maximum atomic E-state index is 12.7. The molecule has 105 heavy (non-hydrogen) atoms. The molecule has 10 N–H and O–H groups in total. The second-order valence-corrected chi connectivity index (χ2v) is 29.2. The molecule has 0 atom stereocenters. The Morgan fingerprint density at radius 3 is 1.03 bits per heavy atom. The van der Waals surface area contributed by atoms with Crippen LogP contribution in [0.5, 0.6) is 0 Å². The third-order valence-electron chi connectivity index (χ3n) is 14.6. The average molecular weight is 1550 g/mol. The molecule has 0 bridgehead atoms. The van der Waals surface area contributed by atoms with Gasteiger partial charge in [-0.2, -0.15) is 49.1 Å². The molecule has 0 fully saturated rings. The molecular formula is C59H62BF9N22O10S4. The van der Waals surface area contributed by atoms with Crippen molar-refractivity contribution in [2.24, 2.45) is 28.2 Å². The van der Waals surface area contributed by atoms with Gasteiger partial charge in [0.15, 0.2) is 11.6 Å². The molecule has 558 valence electrons. The van der Waals surface area contributed by atoms with Crippen molar-refractivity contribution < 1.29 is 83.2 Å². The maximum Gasteiger partial charge on any atom is 0.488 e. The molecule has 4 heterocycles. The van der Waals surface area contributed by atoms with E-state index in [0.717, 1.165) is 48.5 Å². The van der Waals surface area contributed by atoms with Gasteiger partial charge in [0.1, 0.15) is 0 Å². The summed E-state index contributed by atoms with van der Waals surface area (Å²) in [6.45, 7) is 0. The first-order valence-corrected chi connectivity index (χ1v) is 35.5. The van der Waals surface area contributed by atoms with E-state index in [2.05, 4.69) is 80.8 Å². The van der Waals surface area contributed by atoms with Gasteiger partial charge in [-0.3, -0.25) is 0 Å². The number of benzene rings is 7. The van der Waals surface area contributed by atoms with Crippen LogP contribution in [0.2, 0.25) is 0 Å². The number of sulfonamides is 4. The summed E-state index contributed by atoms with van der Waals surface area (Å²) in [5.41, 5.74) is 14.5. The number of nitrogen functional groups attached to an aromatic ring is 2. The monoisotopic (exact) mass is 1550 g/mol. The van der Waals surface area contributed by atoms with Crippen molar-refractivity contribution in [3.8, 4) is 45.6 Å². The van der Waals surface area contributed by atoms with Crippen LogP contribution in [-0.4, -0.2) is 160 Å². The number of aryl methyl sites for hydroxylation is 4. The Balaban J connectivity index is 0.000000188. The summed E-state index contributed by atoms with van der Waals surface area (Å²) in [6.07, 6.45) is -12.7. The van der Waals surface area contributed by atoms with Crippen molar-refractivity contribution in [2.45, 2.75) is 51.0 Å². The van der Waals surface area contributed by atoms with Crippen LogP contribution in [-0.2, 0) is 99.7 Å². The smallest absolute Gasteiger partial charge is 0.423 e. The number of hydrogen-bond donors (Lipinski definition) is 8. The highest BCUT2D eigenvalue weighted by molar-refractivity contribution is 7.90. The molecule has 0 amide bonds. The number of alkyl halides is 9. The summed E-state index contributed by atoms with van der Waals surface area (Å²) >= 11 is 0. The number of halogens is 9. The van der Waals surface area contributed by atoms with Crippen LogP contribution in [0.25, 0.3) is 45.6 Å².